The van der Waals surface area contributed by atoms with E-state index < -0.39 is 0 Å². The molecule has 1 N–H and O–H groups in total. The minimum Gasteiger partial charge on any atom is -0.496 e. The monoisotopic (exact) mass is 543 g/mol. The van der Waals surface area contributed by atoms with E-state index in [1.165, 1.54) is 33.8 Å². The Hall–Kier alpha value is -2.89. The van der Waals surface area contributed by atoms with Gasteiger partial charge in [-0.05, 0) is 61.4 Å². The summed E-state index contributed by atoms with van der Waals surface area (Å²) in [5, 5.41) is 23.7. The van der Waals surface area contributed by atoms with Gasteiger partial charge in [0.25, 0.3) is 5.19 Å². The van der Waals surface area contributed by atoms with Crippen molar-refractivity contribution in [3.05, 3.63) is 63.1 Å². The zero-order valence-electron chi connectivity index (χ0n) is 20.9. The SMILES string of the molecule is CCSC(Cc1nnc(Oc2ccc(C)c(C)c2)s1)c1nnc(NCOc2ccc(C)c(OC)c2)s1. The van der Waals surface area contributed by atoms with Crippen LogP contribution < -0.4 is 19.5 Å². The molecule has 4 rings (SSSR count). The first-order chi connectivity index (χ1) is 17.4. The molecule has 0 spiro atoms. The maximum absolute atomic E-state index is 5.93. The third-order valence-corrected chi connectivity index (χ3v) is 8.51. The third kappa shape index (κ3) is 6.86. The highest BCUT2D eigenvalue weighted by Gasteiger charge is 2.20. The first kappa shape index (κ1) is 26.2. The lowest BCUT2D eigenvalue weighted by Crippen LogP contribution is -2.08. The van der Waals surface area contributed by atoms with E-state index in [1.807, 2.05) is 55.1 Å². The molecule has 2 aromatic carbocycles. The Labute approximate surface area is 223 Å². The topological polar surface area (TPSA) is 91.3 Å². The fourth-order valence-electron chi connectivity index (χ4n) is 3.32. The van der Waals surface area contributed by atoms with Crippen molar-refractivity contribution in [3.8, 4) is 22.4 Å². The first-order valence-electron chi connectivity index (χ1n) is 11.5. The molecule has 0 aliphatic carbocycles. The molecule has 1 unspecified atom stereocenters. The molecule has 2 aromatic heterocycles. The third-order valence-electron chi connectivity index (χ3n) is 5.42. The van der Waals surface area contributed by atoms with Gasteiger partial charge in [0.05, 0.1) is 12.4 Å². The molecule has 2 heterocycles. The number of nitrogens with one attached hydrogen (secondary N) is 1. The van der Waals surface area contributed by atoms with Crippen molar-refractivity contribution in [3.63, 3.8) is 0 Å². The van der Waals surface area contributed by atoms with Crippen molar-refractivity contribution in [1.29, 1.82) is 0 Å². The van der Waals surface area contributed by atoms with Crippen LogP contribution in [0.2, 0.25) is 0 Å². The number of hydrogen-bond donors (Lipinski definition) is 1. The first-order valence-corrected chi connectivity index (χ1v) is 14.2. The summed E-state index contributed by atoms with van der Waals surface area (Å²) in [5.74, 6) is 3.25. The molecule has 0 saturated heterocycles. The summed E-state index contributed by atoms with van der Waals surface area (Å²) in [6.45, 7) is 8.56. The standard InChI is InChI=1S/C25H29N5O3S3/c1-6-34-21(13-22-27-30-25(35-22)33-19-10-7-15(2)17(4)11-19)23-28-29-24(36-23)26-14-32-18-9-8-16(3)20(12-18)31-5/h7-12,21H,6,13-14H2,1-5H3,(H,26,29). The maximum Gasteiger partial charge on any atom is 0.299 e. The van der Waals surface area contributed by atoms with E-state index in [0.717, 1.165) is 38.6 Å². The van der Waals surface area contributed by atoms with Crippen LogP contribution in [0.5, 0.6) is 22.4 Å². The van der Waals surface area contributed by atoms with Gasteiger partial charge < -0.3 is 19.5 Å². The summed E-state index contributed by atoms with van der Waals surface area (Å²) < 4.78 is 17.1. The van der Waals surface area contributed by atoms with Gasteiger partial charge in [-0.3, -0.25) is 0 Å². The quantitative estimate of drug-likeness (QED) is 0.198. The molecular formula is C25H29N5O3S3. The van der Waals surface area contributed by atoms with E-state index in [4.69, 9.17) is 14.2 Å². The molecule has 8 nitrogen and oxygen atoms in total. The van der Waals surface area contributed by atoms with Crippen LogP contribution in [0.1, 0.15) is 38.9 Å². The number of thioether (sulfide) groups is 1. The van der Waals surface area contributed by atoms with E-state index >= 15 is 0 Å². The Morgan fingerprint density at radius 3 is 2.50 bits per heavy atom. The van der Waals surface area contributed by atoms with E-state index in [9.17, 15) is 0 Å². The lowest BCUT2D eigenvalue weighted by Gasteiger charge is -2.10. The predicted molar refractivity (Wildman–Crippen MR) is 147 cm³/mol. The fourth-order valence-corrected chi connectivity index (χ4v) is 6.11. The number of benzene rings is 2. The number of methoxy groups -OCH3 is 1. The van der Waals surface area contributed by atoms with Crippen LogP contribution in [0.15, 0.2) is 36.4 Å². The Morgan fingerprint density at radius 2 is 1.72 bits per heavy atom. The lowest BCUT2D eigenvalue weighted by atomic mass is 10.1. The molecule has 1 atom stereocenters. The molecule has 36 heavy (non-hydrogen) atoms. The van der Waals surface area contributed by atoms with Crippen LogP contribution in [0, 0.1) is 20.8 Å². The summed E-state index contributed by atoms with van der Waals surface area (Å²) in [5.41, 5.74) is 3.47. The molecule has 190 valence electrons. The van der Waals surface area contributed by atoms with Gasteiger partial charge in [0.15, 0.2) is 6.73 Å². The predicted octanol–water partition coefficient (Wildman–Crippen LogP) is 6.60. The molecule has 11 heteroatoms. The van der Waals surface area contributed by atoms with Crippen LogP contribution in [0.3, 0.4) is 0 Å². The average Bonchev–Trinajstić information content (AvgIpc) is 3.52. The molecule has 0 amide bonds. The zero-order chi connectivity index (χ0) is 25.5. The van der Waals surface area contributed by atoms with Crippen molar-refractivity contribution in [2.24, 2.45) is 0 Å². The second-order valence-corrected chi connectivity index (χ2v) is 11.5. The number of ether oxygens (including phenoxy) is 3. The molecule has 4 aromatic rings. The number of hydrogen-bond acceptors (Lipinski definition) is 11. The summed E-state index contributed by atoms with van der Waals surface area (Å²) in [4.78, 5) is 0. The summed E-state index contributed by atoms with van der Waals surface area (Å²) >= 11 is 4.80. The van der Waals surface area contributed by atoms with Crippen LogP contribution >= 0.6 is 34.4 Å². The summed E-state index contributed by atoms with van der Waals surface area (Å²) in [6, 6.07) is 11.8. The number of aromatic nitrogens is 4. The molecule has 0 fully saturated rings. The van der Waals surface area contributed by atoms with Crippen molar-refractivity contribution in [1.82, 2.24) is 20.4 Å². The molecule has 0 radical (unpaired) electrons. The van der Waals surface area contributed by atoms with Crippen LogP contribution in [0.4, 0.5) is 5.13 Å². The van der Waals surface area contributed by atoms with Crippen molar-refractivity contribution >= 4 is 39.6 Å². The van der Waals surface area contributed by atoms with E-state index in [1.54, 1.807) is 7.11 Å². The van der Waals surface area contributed by atoms with Gasteiger partial charge in [0.2, 0.25) is 5.13 Å². The van der Waals surface area contributed by atoms with E-state index in [2.05, 4.69) is 46.5 Å². The smallest absolute Gasteiger partial charge is 0.299 e. The summed E-state index contributed by atoms with van der Waals surface area (Å²) in [7, 11) is 1.65. The number of anilines is 1. The van der Waals surface area contributed by atoms with Gasteiger partial charge >= 0.3 is 0 Å². The number of aryl methyl sites for hydroxylation is 3. The van der Waals surface area contributed by atoms with Crippen LogP contribution in [-0.2, 0) is 6.42 Å². The normalized spacial score (nSPS) is 11.8. The number of rotatable bonds is 12. The fraction of sp³-hybridized carbons (Fsp3) is 0.360. The van der Waals surface area contributed by atoms with Gasteiger partial charge in [-0.15, -0.1) is 15.3 Å². The Balaban J connectivity index is 1.34. The highest BCUT2D eigenvalue weighted by Crippen LogP contribution is 2.37. The van der Waals surface area contributed by atoms with Gasteiger partial charge in [-0.25, -0.2) is 0 Å². The highest BCUT2D eigenvalue weighted by molar-refractivity contribution is 7.99. The largest absolute Gasteiger partial charge is 0.496 e. The Kier molecular flexibility index (Phi) is 9.00. The Morgan fingerprint density at radius 1 is 0.917 bits per heavy atom. The average molecular weight is 544 g/mol. The maximum atomic E-state index is 5.93. The Bertz CT molecular complexity index is 1290. The van der Waals surface area contributed by atoms with Gasteiger partial charge in [0, 0.05) is 12.5 Å². The van der Waals surface area contributed by atoms with Crippen LogP contribution in [0.25, 0.3) is 0 Å². The highest BCUT2D eigenvalue weighted by atomic mass is 32.2. The van der Waals surface area contributed by atoms with Crippen LogP contribution in [-0.4, -0.2) is 40.0 Å². The molecular weight excluding hydrogens is 515 g/mol. The van der Waals surface area contributed by atoms with Crippen molar-refractivity contribution in [2.75, 3.05) is 24.9 Å². The molecule has 0 saturated carbocycles. The van der Waals surface area contributed by atoms with E-state index in [0.29, 0.717) is 16.7 Å². The second-order valence-electron chi connectivity index (χ2n) is 8.00. The minimum absolute atomic E-state index is 0.132. The van der Waals surface area contributed by atoms with Gasteiger partial charge in [-0.2, -0.15) is 11.8 Å². The molecule has 0 aliphatic heterocycles. The summed E-state index contributed by atoms with van der Waals surface area (Å²) in [6.07, 6.45) is 0.709. The van der Waals surface area contributed by atoms with Gasteiger partial charge in [-0.1, -0.05) is 46.8 Å². The van der Waals surface area contributed by atoms with E-state index in [-0.39, 0.29) is 12.0 Å². The second kappa shape index (κ2) is 12.4. The number of nitrogens with zero attached hydrogens (tertiary/aromatic N) is 4. The van der Waals surface area contributed by atoms with Gasteiger partial charge in [0.1, 0.15) is 27.3 Å². The lowest BCUT2D eigenvalue weighted by molar-refractivity contribution is 0.341. The van der Waals surface area contributed by atoms with Crippen molar-refractivity contribution in [2.45, 2.75) is 39.4 Å². The minimum atomic E-state index is 0.132. The molecule has 0 bridgehead atoms. The zero-order valence-corrected chi connectivity index (χ0v) is 23.4. The molecule has 0 aliphatic rings. The van der Waals surface area contributed by atoms with Crippen molar-refractivity contribution < 1.29 is 14.2 Å².